The number of carboxylic acids is 1. The monoisotopic (exact) mass is 237 g/mol. The third-order valence-corrected chi connectivity index (χ3v) is 2.93. The summed E-state index contributed by atoms with van der Waals surface area (Å²) in [4.78, 5) is 19.0. The van der Waals surface area contributed by atoms with Crippen LogP contribution in [0.1, 0.15) is 43.4 Å². The van der Waals surface area contributed by atoms with Crippen molar-refractivity contribution >= 4 is 11.9 Å². The molecule has 0 radical (unpaired) electrons. The predicted molar refractivity (Wildman–Crippen MR) is 66.3 cm³/mol. The van der Waals surface area contributed by atoms with Gasteiger partial charge in [-0.3, -0.25) is 0 Å². The van der Waals surface area contributed by atoms with Gasteiger partial charge in [-0.25, -0.2) is 14.8 Å². The Morgan fingerprint density at radius 3 is 2.65 bits per heavy atom. The van der Waals surface area contributed by atoms with Crippen LogP contribution in [0.5, 0.6) is 0 Å². The number of hydrogen-bond acceptors (Lipinski definition) is 4. The van der Waals surface area contributed by atoms with Crippen molar-refractivity contribution in [3.63, 3.8) is 0 Å². The molecule has 0 aromatic carbocycles. The van der Waals surface area contributed by atoms with Crippen LogP contribution in [0.15, 0.2) is 6.07 Å². The molecule has 2 atom stereocenters. The lowest BCUT2D eigenvalue weighted by molar-refractivity contribution is 0.0690. The van der Waals surface area contributed by atoms with Crippen LogP contribution < -0.4 is 5.32 Å². The maximum Gasteiger partial charge on any atom is 0.354 e. The lowest BCUT2D eigenvalue weighted by Crippen LogP contribution is -2.25. The van der Waals surface area contributed by atoms with E-state index in [1.807, 2.05) is 6.92 Å². The fourth-order valence-corrected chi connectivity index (χ4v) is 1.44. The molecule has 0 saturated carbocycles. The molecule has 0 fully saturated rings. The second kappa shape index (κ2) is 5.61. The van der Waals surface area contributed by atoms with Gasteiger partial charge in [-0.05, 0) is 25.8 Å². The number of aromatic carboxylic acids is 1. The van der Waals surface area contributed by atoms with Gasteiger partial charge in [0.05, 0.1) is 0 Å². The molecule has 0 aliphatic carbocycles. The molecular formula is C12H19N3O2. The average molecular weight is 237 g/mol. The maximum atomic E-state index is 10.9. The van der Waals surface area contributed by atoms with E-state index >= 15 is 0 Å². The second-order valence-corrected chi connectivity index (χ2v) is 4.34. The summed E-state index contributed by atoms with van der Waals surface area (Å²) in [5, 5.41) is 12.0. The number of nitrogens with zero attached hydrogens (tertiary/aromatic N) is 2. The summed E-state index contributed by atoms with van der Waals surface area (Å²) in [5.74, 6) is -0.169. The highest BCUT2D eigenvalue weighted by Gasteiger charge is 2.13. The Bertz CT molecular complexity index is 407. The summed E-state index contributed by atoms with van der Waals surface area (Å²) < 4.78 is 0. The Labute approximate surface area is 101 Å². The molecule has 0 bridgehead atoms. The van der Waals surface area contributed by atoms with E-state index in [0.29, 0.717) is 17.6 Å². The molecule has 0 aliphatic heterocycles. The number of carboxylic acid groups (broad SMARTS) is 1. The van der Waals surface area contributed by atoms with Gasteiger partial charge in [0.1, 0.15) is 0 Å². The van der Waals surface area contributed by atoms with Crippen LogP contribution in [0.2, 0.25) is 0 Å². The van der Waals surface area contributed by atoms with Crippen molar-refractivity contribution < 1.29 is 9.90 Å². The van der Waals surface area contributed by atoms with Gasteiger partial charge in [0.2, 0.25) is 5.95 Å². The first kappa shape index (κ1) is 13.4. The molecule has 1 aromatic rings. The number of carbonyl (C=O) groups is 1. The van der Waals surface area contributed by atoms with E-state index in [1.165, 1.54) is 6.07 Å². The highest BCUT2D eigenvalue weighted by atomic mass is 16.4. The van der Waals surface area contributed by atoms with Gasteiger partial charge in [-0.15, -0.1) is 0 Å². The number of aryl methyl sites for hydroxylation is 1. The van der Waals surface area contributed by atoms with Gasteiger partial charge in [0.15, 0.2) is 5.69 Å². The first-order valence-electron chi connectivity index (χ1n) is 5.79. The van der Waals surface area contributed by atoms with Crippen LogP contribution in [-0.2, 0) is 0 Å². The van der Waals surface area contributed by atoms with Gasteiger partial charge < -0.3 is 10.4 Å². The molecule has 5 heteroatoms. The molecule has 17 heavy (non-hydrogen) atoms. The lowest BCUT2D eigenvalue weighted by Gasteiger charge is -2.20. The number of aromatic nitrogens is 2. The molecule has 1 aromatic heterocycles. The fourth-order valence-electron chi connectivity index (χ4n) is 1.44. The van der Waals surface area contributed by atoms with E-state index in [0.717, 1.165) is 6.42 Å². The van der Waals surface area contributed by atoms with Gasteiger partial charge in [-0.2, -0.15) is 0 Å². The van der Waals surface area contributed by atoms with E-state index in [2.05, 4.69) is 29.1 Å². The highest BCUT2D eigenvalue weighted by molar-refractivity contribution is 5.85. The third-order valence-electron chi connectivity index (χ3n) is 2.93. The summed E-state index contributed by atoms with van der Waals surface area (Å²) in [5.41, 5.74) is 0.674. The van der Waals surface area contributed by atoms with Crippen LogP contribution in [0, 0.1) is 12.8 Å². The van der Waals surface area contributed by atoms with Crippen molar-refractivity contribution in [2.45, 2.75) is 40.2 Å². The fraction of sp³-hybridized carbons (Fsp3) is 0.583. The van der Waals surface area contributed by atoms with E-state index in [9.17, 15) is 4.79 Å². The topological polar surface area (TPSA) is 75.1 Å². The van der Waals surface area contributed by atoms with Crippen molar-refractivity contribution in [1.82, 2.24) is 9.97 Å². The molecule has 0 spiro atoms. The van der Waals surface area contributed by atoms with Crippen molar-refractivity contribution in [2.24, 2.45) is 5.92 Å². The Morgan fingerprint density at radius 1 is 1.47 bits per heavy atom. The minimum absolute atomic E-state index is 0.0244. The zero-order valence-corrected chi connectivity index (χ0v) is 10.7. The molecule has 94 valence electrons. The molecule has 2 unspecified atom stereocenters. The van der Waals surface area contributed by atoms with Crippen molar-refractivity contribution in [1.29, 1.82) is 0 Å². The number of hydrogen-bond donors (Lipinski definition) is 2. The maximum absolute atomic E-state index is 10.9. The Morgan fingerprint density at radius 2 is 2.12 bits per heavy atom. The molecule has 5 nitrogen and oxygen atoms in total. The van der Waals surface area contributed by atoms with E-state index in [4.69, 9.17) is 5.11 Å². The van der Waals surface area contributed by atoms with Gasteiger partial charge in [0, 0.05) is 11.7 Å². The van der Waals surface area contributed by atoms with E-state index in [-0.39, 0.29) is 11.7 Å². The standard InChI is InChI=1S/C12H19N3O2/c1-5-7(2)9(4)14-12-13-8(3)6-10(15-12)11(16)17/h6-7,9H,5H2,1-4H3,(H,16,17)(H,13,14,15). The highest BCUT2D eigenvalue weighted by Crippen LogP contribution is 2.12. The number of rotatable bonds is 5. The summed E-state index contributed by atoms with van der Waals surface area (Å²) in [6.45, 7) is 8.04. The van der Waals surface area contributed by atoms with Crippen LogP contribution in [0.3, 0.4) is 0 Å². The molecule has 2 N–H and O–H groups in total. The summed E-state index contributed by atoms with van der Waals surface area (Å²) in [6.07, 6.45) is 1.05. The quantitative estimate of drug-likeness (QED) is 0.822. The van der Waals surface area contributed by atoms with E-state index < -0.39 is 5.97 Å². The first-order valence-corrected chi connectivity index (χ1v) is 5.79. The summed E-state index contributed by atoms with van der Waals surface area (Å²) >= 11 is 0. The Kier molecular flexibility index (Phi) is 4.43. The SMILES string of the molecule is CCC(C)C(C)Nc1nc(C)cc(C(=O)O)n1. The second-order valence-electron chi connectivity index (χ2n) is 4.34. The predicted octanol–water partition coefficient (Wildman–Crippen LogP) is 2.33. The molecule has 0 saturated heterocycles. The zero-order chi connectivity index (χ0) is 13.0. The third kappa shape index (κ3) is 3.69. The minimum Gasteiger partial charge on any atom is -0.477 e. The molecule has 0 aliphatic rings. The first-order chi connectivity index (χ1) is 7.93. The zero-order valence-electron chi connectivity index (χ0n) is 10.7. The van der Waals surface area contributed by atoms with E-state index in [1.54, 1.807) is 6.92 Å². The molecule has 1 rings (SSSR count). The average Bonchev–Trinajstić information content (AvgIpc) is 2.26. The molecule has 0 amide bonds. The van der Waals surface area contributed by atoms with Crippen LogP contribution in [-0.4, -0.2) is 27.1 Å². The van der Waals surface area contributed by atoms with Crippen LogP contribution >= 0.6 is 0 Å². The Balaban J connectivity index is 2.87. The molecule has 1 heterocycles. The van der Waals surface area contributed by atoms with Crippen molar-refractivity contribution in [3.8, 4) is 0 Å². The Hall–Kier alpha value is -1.65. The number of nitrogens with one attached hydrogen (secondary N) is 1. The van der Waals surface area contributed by atoms with Crippen LogP contribution in [0.25, 0.3) is 0 Å². The minimum atomic E-state index is -1.03. The molecular weight excluding hydrogens is 218 g/mol. The lowest BCUT2D eigenvalue weighted by atomic mass is 10.0. The normalized spacial score (nSPS) is 14.1. The summed E-state index contributed by atoms with van der Waals surface area (Å²) in [6, 6.07) is 1.67. The van der Waals surface area contributed by atoms with Crippen LogP contribution in [0.4, 0.5) is 5.95 Å². The summed E-state index contributed by atoms with van der Waals surface area (Å²) in [7, 11) is 0. The van der Waals surface area contributed by atoms with Gasteiger partial charge in [0.25, 0.3) is 0 Å². The van der Waals surface area contributed by atoms with Crippen molar-refractivity contribution in [3.05, 3.63) is 17.5 Å². The smallest absolute Gasteiger partial charge is 0.354 e. The van der Waals surface area contributed by atoms with Crippen molar-refractivity contribution in [2.75, 3.05) is 5.32 Å². The van der Waals surface area contributed by atoms with Gasteiger partial charge in [-0.1, -0.05) is 20.3 Å². The number of anilines is 1. The largest absolute Gasteiger partial charge is 0.477 e. The van der Waals surface area contributed by atoms with Gasteiger partial charge >= 0.3 is 5.97 Å².